The van der Waals surface area contributed by atoms with Crippen LogP contribution in [0.5, 0.6) is 0 Å². The lowest BCUT2D eigenvalue weighted by molar-refractivity contribution is 0.673. The standard InChI is InChI=1S/C16H26N2/c1-4-10-17-12-14-6-7-16(11-13(14)3)18(5-2)15-8-9-15/h6-7,11,15,17H,4-5,8-10,12H2,1-3H3. The van der Waals surface area contributed by atoms with Gasteiger partial charge >= 0.3 is 0 Å². The Hall–Kier alpha value is -1.02. The molecule has 0 amide bonds. The Morgan fingerprint density at radius 1 is 1.28 bits per heavy atom. The lowest BCUT2D eigenvalue weighted by Gasteiger charge is -2.24. The van der Waals surface area contributed by atoms with Crippen molar-refractivity contribution >= 4 is 5.69 Å². The molecule has 0 aromatic heterocycles. The molecule has 2 nitrogen and oxygen atoms in total. The summed E-state index contributed by atoms with van der Waals surface area (Å²) in [7, 11) is 0. The molecule has 1 saturated carbocycles. The summed E-state index contributed by atoms with van der Waals surface area (Å²) >= 11 is 0. The Balaban J connectivity index is 2.03. The van der Waals surface area contributed by atoms with E-state index in [0.717, 1.165) is 25.7 Å². The summed E-state index contributed by atoms with van der Waals surface area (Å²) in [6.45, 7) is 9.91. The Morgan fingerprint density at radius 2 is 2.06 bits per heavy atom. The molecular weight excluding hydrogens is 220 g/mol. The van der Waals surface area contributed by atoms with Crippen LogP contribution >= 0.6 is 0 Å². The second-order valence-corrected chi connectivity index (χ2v) is 5.30. The average Bonchev–Trinajstić information content (AvgIpc) is 3.17. The third kappa shape index (κ3) is 3.26. The maximum Gasteiger partial charge on any atom is 0.0371 e. The van der Waals surface area contributed by atoms with Gasteiger partial charge in [0.25, 0.3) is 0 Å². The molecule has 1 aliphatic rings. The van der Waals surface area contributed by atoms with Gasteiger partial charge in [-0.25, -0.2) is 0 Å². The molecule has 1 aromatic carbocycles. The quantitative estimate of drug-likeness (QED) is 0.741. The van der Waals surface area contributed by atoms with Crippen LogP contribution in [0.4, 0.5) is 5.69 Å². The third-order valence-electron chi connectivity index (χ3n) is 3.73. The number of benzene rings is 1. The normalized spacial score (nSPS) is 14.8. The van der Waals surface area contributed by atoms with Gasteiger partial charge in [-0.15, -0.1) is 0 Å². The summed E-state index contributed by atoms with van der Waals surface area (Å²) < 4.78 is 0. The Labute approximate surface area is 111 Å². The van der Waals surface area contributed by atoms with Crippen molar-refractivity contribution in [1.82, 2.24) is 5.32 Å². The van der Waals surface area contributed by atoms with E-state index in [0.29, 0.717) is 0 Å². The maximum absolute atomic E-state index is 3.48. The van der Waals surface area contributed by atoms with Crippen LogP contribution in [0.25, 0.3) is 0 Å². The van der Waals surface area contributed by atoms with E-state index in [9.17, 15) is 0 Å². The van der Waals surface area contributed by atoms with Gasteiger partial charge in [0.15, 0.2) is 0 Å². The van der Waals surface area contributed by atoms with Crippen molar-refractivity contribution in [1.29, 1.82) is 0 Å². The monoisotopic (exact) mass is 246 g/mol. The molecule has 0 heterocycles. The highest BCUT2D eigenvalue weighted by atomic mass is 15.2. The van der Waals surface area contributed by atoms with E-state index in [1.54, 1.807) is 0 Å². The van der Waals surface area contributed by atoms with Gasteiger partial charge in [-0.05, 0) is 62.9 Å². The van der Waals surface area contributed by atoms with Gasteiger partial charge in [0.1, 0.15) is 0 Å². The summed E-state index contributed by atoms with van der Waals surface area (Å²) in [4.78, 5) is 2.54. The zero-order valence-corrected chi connectivity index (χ0v) is 12.0. The van der Waals surface area contributed by atoms with E-state index < -0.39 is 0 Å². The fourth-order valence-electron chi connectivity index (χ4n) is 2.49. The predicted octanol–water partition coefficient (Wildman–Crippen LogP) is 3.48. The number of hydrogen-bond acceptors (Lipinski definition) is 2. The number of hydrogen-bond donors (Lipinski definition) is 1. The van der Waals surface area contributed by atoms with Gasteiger partial charge in [-0.3, -0.25) is 0 Å². The van der Waals surface area contributed by atoms with E-state index in [1.165, 1.54) is 36.1 Å². The highest BCUT2D eigenvalue weighted by Crippen LogP contribution is 2.32. The van der Waals surface area contributed by atoms with E-state index in [-0.39, 0.29) is 0 Å². The van der Waals surface area contributed by atoms with Crippen molar-refractivity contribution in [2.45, 2.75) is 52.6 Å². The highest BCUT2D eigenvalue weighted by Gasteiger charge is 2.28. The topological polar surface area (TPSA) is 15.3 Å². The molecule has 0 aliphatic heterocycles. The average molecular weight is 246 g/mol. The van der Waals surface area contributed by atoms with Crippen LogP contribution in [-0.2, 0) is 6.54 Å². The number of rotatable bonds is 7. The Kier molecular flexibility index (Phi) is 4.65. The Bertz CT molecular complexity index is 383. The van der Waals surface area contributed by atoms with Crippen molar-refractivity contribution in [3.63, 3.8) is 0 Å². The molecular formula is C16H26N2. The van der Waals surface area contributed by atoms with Crippen molar-refractivity contribution in [3.05, 3.63) is 29.3 Å². The summed E-state index contributed by atoms with van der Waals surface area (Å²) in [5, 5.41) is 3.48. The zero-order valence-electron chi connectivity index (χ0n) is 12.0. The van der Waals surface area contributed by atoms with Crippen LogP contribution in [0.2, 0.25) is 0 Å². The van der Waals surface area contributed by atoms with Crippen molar-refractivity contribution in [3.8, 4) is 0 Å². The van der Waals surface area contributed by atoms with Crippen LogP contribution in [0.15, 0.2) is 18.2 Å². The van der Waals surface area contributed by atoms with Gasteiger partial charge in [0.2, 0.25) is 0 Å². The minimum absolute atomic E-state index is 0.804. The molecule has 1 aromatic rings. The van der Waals surface area contributed by atoms with E-state index in [4.69, 9.17) is 0 Å². The van der Waals surface area contributed by atoms with Crippen LogP contribution in [0, 0.1) is 6.92 Å². The SMILES string of the molecule is CCCNCc1ccc(N(CC)C2CC2)cc1C. The van der Waals surface area contributed by atoms with Crippen LogP contribution in [-0.4, -0.2) is 19.1 Å². The fourth-order valence-corrected chi connectivity index (χ4v) is 2.49. The second-order valence-electron chi connectivity index (χ2n) is 5.30. The smallest absolute Gasteiger partial charge is 0.0371 e. The minimum atomic E-state index is 0.804. The first-order valence-corrected chi connectivity index (χ1v) is 7.33. The lowest BCUT2D eigenvalue weighted by atomic mass is 10.1. The molecule has 0 bridgehead atoms. The van der Waals surface area contributed by atoms with Gasteiger partial charge in [-0.1, -0.05) is 13.0 Å². The number of aryl methyl sites for hydroxylation is 1. The zero-order chi connectivity index (χ0) is 13.0. The molecule has 1 fully saturated rings. The van der Waals surface area contributed by atoms with E-state index in [2.05, 4.69) is 49.2 Å². The molecule has 18 heavy (non-hydrogen) atoms. The predicted molar refractivity (Wildman–Crippen MR) is 79.2 cm³/mol. The second kappa shape index (κ2) is 6.24. The van der Waals surface area contributed by atoms with E-state index >= 15 is 0 Å². The van der Waals surface area contributed by atoms with Gasteiger partial charge in [0.05, 0.1) is 0 Å². The molecule has 0 radical (unpaired) electrons. The molecule has 0 unspecified atom stereocenters. The molecule has 0 atom stereocenters. The van der Waals surface area contributed by atoms with E-state index in [1.807, 2.05) is 0 Å². The minimum Gasteiger partial charge on any atom is -0.369 e. The summed E-state index contributed by atoms with van der Waals surface area (Å²) in [6.07, 6.45) is 3.93. The van der Waals surface area contributed by atoms with Crippen molar-refractivity contribution in [2.75, 3.05) is 18.0 Å². The molecule has 0 saturated heterocycles. The summed E-state index contributed by atoms with van der Waals surface area (Å²) in [6, 6.07) is 7.74. The number of nitrogens with one attached hydrogen (secondary N) is 1. The largest absolute Gasteiger partial charge is 0.369 e. The first-order chi connectivity index (χ1) is 8.76. The lowest BCUT2D eigenvalue weighted by Crippen LogP contribution is -2.25. The molecule has 1 aliphatic carbocycles. The molecule has 0 spiro atoms. The molecule has 1 N–H and O–H groups in total. The summed E-state index contributed by atoms with van der Waals surface area (Å²) in [5.41, 5.74) is 4.24. The first kappa shape index (κ1) is 13.4. The molecule has 100 valence electrons. The van der Waals surface area contributed by atoms with Gasteiger partial charge in [-0.2, -0.15) is 0 Å². The van der Waals surface area contributed by atoms with Crippen molar-refractivity contribution in [2.24, 2.45) is 0 Å². The first-order valence-electron chi connectivity index (χ1n) is 7.33. The fraction of sp³-hybridized carbons (Fsp3) is 0.625. The summed E-state index contributed by atoms with van der Waals surface area (Å²) in [5.74, 6) is 0. The highest BCUT2D eigenvalue weighted by molar-refractivity contribution is 5.52. The van der Waals surface area contributed by atoms with Gasteiger partial charge < -0.3 is 10.2 Å². The molecule has 2 rings (SSSR count). The Morgan fingerprint density at radius 3 is 2.61 bits per heavy atom. The number of anilines is 1. The van der Waals surface area contributed by atoms with Crippen molar-refractivity contribution < 1.29 is 0 Å². The third-order valence-corrected chi connectivity index (χ3v) is 3.73. The van der Waals surface area contributed by atoms with Crippen LogP contribution < -0.4 is 10.2 Å². The van der Waals surface area contributed by atoms with Crippen LogP contribution in [0.1, 0.15) is 44.2 Å². The maximum atomic E-state index is 3.48. The van der Waals surface area contributed by atoms with Crippen LogP contribution in [0.3, 0.4) is 0 Å². The molecule has 2 heteroatoms. The number of nitrogens with zero attached hydrogens (tertiary/aromatic N) is 1. The van der Waals surface area contributed by atoms with Gasteiger partial charge in [0, 0.05) is 24.8 Å².